The lowest BCUT2D eigenvalue weighted by Gasteiger charge is -2.35. The van der Waals surface area contributed by atoms with Crippen LogP contribution in [-0.4, -0.2) is 49.2 Å². The summed E-state index contributed by atoms with van der Waals surface area (Å²) >= 11 is 0. The minimum absolute atomic E-state index is 0.145. The second-order valence-corrected chi connectivity index (χ2v) is 5.10. The molecule has 1 N–H and O–H groups in total. The lowest BCUT2D eigenvalue weighted by atomic mass is 10.2. The number of hydrogen-bond acceptors (Lipinski definition) is 4. The molecule has 5 heteroatoms. The predicted molar refractivity (Wildman–Crippen MR) is 72.1 cm³/mol. The molecule has 19 heavy (non-hydrogen) atoms. The lowest BCUT2D eigenvalue weighted by Crippen LogP contribution is -2.46. The Morgan fingerprint density at radius 3 is 2.79 bits per heavy atom. The molecule has 5 nitrogen and oxygen atoms in total. The van der Waals surface area contributed by atoms with Crippen LogP contribution >= 0.6 is 0 Å². The number of rotatable bonds is 5. The quantitative estimate of drug-likeness (QED) is 0.821. The maximum atomic E-state index is 11.6. The molecule has 2 atom stereocenters. The molecule has 0 bridgehead atoms. The Hall–Kier alpha value is -1.33. The first kappa shape index (κ1) is 14.1. The summed E-state index contributed by atoms with van der Waals surface area (Å²) in [6.07, 6.45) is 3.03. The fourth-order valence-electron chi connectivity index (χ4n) is 2.47. The van der Waals surface area contributed by atoms with Gasteiger partial charge in [0.05, 0.1) is 18.5 Å². The fourth-order valence-corrected chi connectivity index (χ4v) is 2.47. The Labute approximate surface area is 113 Å². The van der Waals surface area contributed by atoms with Gasteiger partial charge in [-0.2, -0.15) is 0 Å². The standard InChI is InChI=1S/C14H22N2O3/c1-11-9-16(10-12(2)19-11)7-4-6-15-14(17)13-5-3-8-18-13/h3,5,8,11-12H,4,6-7,9-10H2,1-2H3,(H,15,17). The average Bonchev–Trinajstić information content (AvgIpc) is 2.87. The molecule has 1 fully saturated rings. The summed E-state index contributed by atoms with van der Waals surface area (Å²) in [5.41, 5.74) is 0. The summed E-state index contributed by atoms with van der Waals surface area (Å²) in [4.78, 5) is 14.0. The molecule has 1 aromatic rings. The van der Waals surface area contributed by atoms with E-state index >= 15 is 0 Å². The number of furan rings is 1. The van der Waals surface area contributed by atoms with Crippen molar-refractivity contribution in [2.24, 2.45) is 0 Å². The van der Waals surface area contributed by atoms with Crippen molar-refractivity contribution in [3.63, 3.8) is 0 Å². The van der Waals surface area contributed by atoms with Crippen molar-refractivity contribution in [2.75, 3.05) is 26.2 Å². The zero-order valence-electron chi connectivity index (χ0n) is 11.6. The van der Waals surface area contributed by atoms with Crippen LogP contribution in [0.4, 0.5) is 0 Å². The maximum absolute atomic E-state index is 11.6. The Morgan fingerprint density at radius 1 is 1.42 bits per heavy atom. The number of ether oxygens (including phenoxy) is 1. The average molecular weight is 266 g/mol. The van der Waals surface area contributed by atoms with Gasteiger partial charge in [0, 0.05) is 26.2 Å². The summed E-state index contributed by atoms with van der Waals surface area (Å²) in [6, 6.07) is 3.38. The van der Waals surface area contributed by atoms with Crippen LogP contribution in [0.3, 0.4) is 0 Å². The van der Waals surface area contributed by atoms with Crippen LogP contribution in [0.1, 0.15) is 30.8 Å². The molecule has 0 saturated carbocycles. The summed E-state index contributed by atoms with van der Waals surface area (Å²) in [5.74, 6) is 0.224. The van der Waals surface area contributed by atoms with Crippen molar-refractivity contribution >= 4 is 5.91 Å². The lowest BCUT2D eigenvalue weighted by molar-refractivity contribution is -0.0680. The van der Waals surface area contributed by atoms with Crippen LogP contribution in [0.15, 0.2) is 22.8 Å². The molecular formula is C14H22N2O3. The van der Waals surface area contributed by atoms with Gasteiger partial charge in [-0.1, -0.05) is 0 Å². The predicted octanol–water partition coefficient (Wildman–Crippen LogP) is 1.51. The molecule has 1 aliphatic heterocycles. The van der Waals surface area contributed by atoms with Crippen LogP contribution in [0, 0.1) is 0 Å². The van der Waals surface area contributed by atoms with E-state index in [1.54, 1.807) is 12.1 Å². The van der Waals surface area contributed by atoms with E-state index in [2.05, 4.69) is 24.1 Å². The highest BCUT2D eigenvalue weighted by Crippen LogP contribution is 2.10. The van der Waals surface area contributed by atoms with Crippen molar-refractivity contribution in [2.45, 2.75) is 32.5 Å². The van der Waals surface area contributed by atoms with Crippen molar-refractivity contribution in [3.05, 3.63) is 24.2 Å². The van der Waals surface area contributed by atoms with Crippen LogP contribution in [0.5, 0.6) is 0 Å². The van der Waals surface area contributed by atoms with Crippen LogP contribution in [0.25, 0.3) is 0 Å². The summed E-state index contributed by atoms with van der Waals surface area (Å²) in [5, 5.41) is 2.86. The highest BCUT2D eigenvalue weighted by Gasteiger charge is 2.21. The van der Waals surface area contributed by atoms with E-state index in [-0.39, 0.29) is 5.91 Å². The van der Waals surface area contributed by atoms with E-state index in [9.17, 15) is 4.79 Å². The first-order valence-electron chi connectivity index (χ1n) is 6.84. The minimum Gasteiger partial charge on any atom is -0.459 e. The molecule has 0 radical (unpaired) electrons. The normalized spacial score (nSPS) is 24.3. The molecule has 0 aromatic carbocycles. The molecule has 106 valence electrons. The van der Waals surface area contributed by atoms with Gasteiger partial charge in [0.25, 0.3) is 5.91 Å². The van der Waals surface area contributed by atoms with E-state index in [4.69, 9.17) is 9.15 Å². The molecule has 2 unspecified atom stereocenters. The summed E-state index contributed by atoms with van der Waals surface area (Å²) < 4.78 is 10.7. The second kappa shape index (κ2) is 6.73. The third-order valence-corrected chi connectivity index (χ3v) is 3.18. The third kappa shape index (κ3) is 4.36. The van der Waals surface area contributed by atoms with E-state index in [1.807, 2.05) is 0 Å². The van der Waals surface area contributed by atoms with E-state index in [1.165, 1.54) is 6.26 Å². The number of carbonyl (C=O) groups excluding carboxylic acids is 1. The monoisotopic (exact) mass is 266 g/mol. The Kier molecular flexibility index (Phi) is 4.99. The third-order valence-electron chi connectivity index (χ3n) is 3.18. The molecule has 1 aromatic heterocycles. The van der Waals surface area contributed by atoms with Gasteiger partial charge in [-0.15, -0.1) is 0 Å². The zero-order chi connectivity index (χ0) is 13.7. The van der Waals surface area contributed by atoms with Gasteiger partial charge < -0.3 is 14.5 Å². The Bertz CT molecular complexity index is 381. The van der Waals surface area contributed by atoms with Crippen molar-refractivity contribution in [1.29, 1.82) is 0 Å². The number of carbonyl (C=O) groups is 1. The zero-order valence-corrected chi connectivity index (χ0v) is 11.6. The number of amides is 1. The van der Waals surface area contributed by atoms with Crippen molar-refractivity contribution in [3.8, 4) is 0 Å². The topological polar surface area (TPSA) is 54.7 Å². The number of nitrogens with one attached hydrogen (secondary N) is 1. The highest BCUT2D eigenvalue weighted by atomic mass is 16.5. The van der Waals surface area contributed by atoms with Gasteiger partial charge in [0.1, 0.15) is 0 Å². The van der Waals surface area contributed by atoms with Crippen molar-refractivity contribution in [1.82, 2.24) is 10.2 Å². The minimum atomic E-state index is -0.145. The SMILES string of the molecule is CC1CN(CCCNC(=O)c2ccco2)CC(C)O1. The highest BCUT2D eigenvalue weighted by molar-refractivity contribution is 5.91. The largest absolute Gasteiger partial charge is 0.459 e. The van der Waals surface area contributed by atoms with Gasteiger partial charge in [-0.3, -0.25) is 9.69 Å². The first-order chi connectivity index (χ1) is 9.15. The molecule has 0 aliphatic carbocycles. The van der Waals surface area contributed by atoms with E-state index in [0.717, 1.165) is 26.1 Å². The second-order valence-electron chi connectivity index (χ2n) is 5.10. The molecule has 1 amide bonds. The molecule has 1 aliphatic rings. The summed E-state index contributed by atoms with van der Waals surface area (Å²) in [7, 11) is 0. The first-order valence-corrected chi connectivity index (χ1v) is 6.84. The fraction of sp³-hybridized carbons (Fsp3) is 0.643. The number of morpholine rings is 1. The van der Waals surface area contributed by atoms with Crippen molar-refractivity contribution < 1.29 is 13.9 Å². The molecule has 2 heterocycles. The smallest absolute Gasteiger partial charge is 0.286 e. The van der Waals surface area contributed by atoms with Gasteiger partial charge in [-0.25, -0.2) is 0 Å². The molecular weight excluding hydrogens is 244 g/mol. The van der Waals surface area contributed by atoms with Gasteiger partial charge in [-0.05, 0) is 32.4 Å². The van der Waals surface area contributed by atoms with Gasteiger partial charge >= 0.3 is 0 Å². The van der Waals surface area contributed by atoms with Crippen LogP contribution in [-0.2, 0) is 4.74 Å². The molecule has 2 rings (SSSR count). The molecule has 1 saturated heterocycles. The van der Waals surface area contributed by atoms with E-state index < -0.39 is 0 Å². The Morgan fingerprint density at radius 2 is 2.16 bits per heavy atom. The van der Waals surface area contributed by atoms with Crippen LogP contribution < -0.4 is 5.32 Å². The maximum Gasteiger partial charge on any atom is 0.286 e. The molecule has 0 spiro atoms. The Balaban J connectivity index is 1.63. The van der Waals surface area contributed by atoms with Gasteiger partial charge in [0.2, 0.25) is 0 Å². The van der Waals surface area contributed by atoms with Gasteiger partial charge in [0.15, 0.2) is 5.76 Å². The number of nitrogens with zero attached hydrogens (tertiary/aromatic N) is 1. The number of hydrogen-bond donors (Lipinski definition) is 1. The van der Waals surface area contributed by atoms with Crippen LogP contribution in [0.2, 0.25) is 0 Å². The summed E-state index contributed by atoms with van der Waals surface area (Å²) in [6.45, 7) is 7.78. The van der Waals surface area contributed by atoms with E-state index in [0.29, 0.717) is 24.5 Å².